The Balaban J connectivity index is 0.973. The molecule has 6 heterocycles. The Morgan fingerprint density at radius 3 is 2.72 bits per heavy atom. The third-order valence-corrected chi connectivity index (χ3v) is 8.78. The minimum Gasteiger partial charge on any atom is -0.507 e. The van der Waals surface area contributed by atoms with E-state index in [1.807, 2.05) is 24.3 Å². The van der Waals surface area contributed by atoms with Gasteiger partial charge in [0.1, 0.15) is 11.6 Å². The van der Waals surface area contributed by atoms with E-state index in [1.54, 1.807) is 47.4 Å². The van der Waals surface area contributed by atoms with E-state index in [9.17, 15) is 9.90 Å². The van der Waals surface area contributed by atoms with E-state index in [1.165, 1.54) is 0 Å². The third kappa shape index (κ3) is 5.97. The van der Waals surface area contributed by atoms with E-state index >= 15 is 0 Å². The lowest BCUT2D eigenvalue weighted by Crippen LogP contribution is -2.50. The molecule has 1 amide bonds. The minimum atomic E-state index is -0.321. The molecule has 2 aliphatic rings. The molecule has 1 aromatic carbocycles. The molecule has 2 saturated heterocycles. The molecule has 2 fully saturated rings. The Bertz CT molecular complexity index is 1920. The molecule has 5 aromatic rings. The third-order valence-electron chi connectivity index (χ3n) is 8.78. The molecule has 4 N–H and O–H groups in total. The van der Waals surface area contributed by atoms with Gasteiger partial charge in [-0.2, -0.15) is 5.10 Å². The second kappa shape index (κ2) is 12.3. The lowest BCUT2D eigenvalue weighted by atomic mass is 9.72. The van der Waals surface area contributed by atoms with Gasteiger partial charge in [0.05, 0.1) is 17.9 Å². The summed E-state index contributed by atoms with van der Waals surface area (Å²) < 4.78 is 1.55. The Labute approximate surface area is 265 Å². The number of nitrogens with two attached hydrogens (primary N) is 1. The number of benzene rings is 1. The van der Waals surface area contributed by atoms with Gasteiger partial charge in [-0.15, -0.1) is 10.2 Å². The van der Waals surface area contributed by atoms with Crippen LogP contribution in [0.15, 0.2) is 67.1 Å². The highest BCUT2D eigenvalue weighted by atomic mass is 16.3. The number of hydrogen-bond donors (Lipinski definition) is 3. The molecule has 7 rings (SSSR count). The SMILES string of the molecule is Nc1nnc(-c2ccccc2O)cc1N1CCC2(CCCN(c3ccnc(C#CCNC(=O)c4cc5ncccn5n4)n3)C2)CC1. The van der Waals surface area contributed by atoms with Crippen LogP contribution in [0.3, 0.4) is 0 Å². The Morgan fingerprint density at radius 1 is 1.00 bits per heavy atom. The molecule has 13 nitrogen and oxygen atoms in total. The molecule has 13 heteroatoms. The number of carbonyl (C=O) groups is 1. The van der Waals surface area contributed by atoms with Gasteiger partial charge in [0, 0.05) is 56.4 Å². The summed E-state index contributed by atoms with van der Waals surface area (Å²) >= 11 is 0. The molecule has 232 valence electrons. The fraction of sp³-hybridized carbons (Fsp3) is 0.303. The first kappa shape index (κ1) is 29.0. The number of amides is 1. The summed E-state index contributed by atoms with van der Waals surface area (Å²) in [4.78, 5) is 30.4. The predicted molar refractivity (Wildman–Crippen MR) is 173 cm³/mol. The maximum Gasteiger partial charge on any atom is 0.272 e. The normalized spacial score (nSPS) is 15.8. The number of phenols is 1. The van der Waals surface area contributed by atoms with E-state index in [0.29, 0.717) is 28.5 Å². The van der Waals surface area contributed by atoms with Gasteiger partial charge in [-0.1, -0.05) is 18.1 Å². The molecule has 0 radical (unpaired) electrons. The van der Waals surface area contributed by atoms with Crippen LogP contribution in [-0.4, -0.2) is 78.5 Å². The van der Waals surface area contributed by atoms with E-state index in [0.717, 1.165) is 63.4 Å². The van der Waals surface area contributed by atoms with Gasteiger partial charge in [0.25, 0.3) is 5.91 Å². The number of rotatable bonds is 5. The largest absolute Gasteiger partial charge is 0.507 e. The second-order valence-corrected chi connectivity index (χ2v) is 11.7. The van der Waals surface area contributed by atoms with Crippen LogP contribution in [-0.2, 0) is 0 Å². The highest BCUT2D eigenvalue weighted by Gasteiger charge is 2.39. The maximum atomic E-state index is 12.5. The number of hydrogen-bond acceptors (Lipinski definition) is 11. The van der Waals surface area contributed by atoms with Crippen LogP contribution >= 0.6 is 0 Å². The van der Waals surface area contributed by atoms with E-state index < -0.39 is 0 Å². The first-order valence-corrected chi connectivity index (χ1v) is 15.3. The number of phenolic OH excluding ortho intramolecular Hbond substituents is 1. The molecule has 0 atom stereocenters. The van der Waals surface area contributed by atoms with Crippen LogP contribution < -0.4 is 20.9 Å². The monoisotopic (exact) mass is 615 g/mol. The van der Waals surface area contributed by atoms with Gasteiger partial charge < -0.3 is 26.0 Å². The number of nitrogens with zero attached hydrogens (tertiary/aromatic N) is 9. The molecular weight excluding hydrogens is 582 g/mol. The zero-order valence-electron chi connectivity index (χ0n) is 25.2. The standard InChI is InChI=1S/C33H33N11O2/c34-31-26(20-24(39-40-31)23-6-1-2-7-27(23)45)42-18-11-33(12-19-42)10-4-16-43(22-33)29-9-15-35-28(38-29)8-3-13-37-32(46)25-21-30-36-14-5-17-44(30)41-25/h1-2,5-7,9,14-15,17,20-21,45H,4,10-13,16,18-19,22H2,(H2,34,40)(H,37,46). The highest BCUT2D eigenvalue weighted by molar-refractivity contribution is 5.93. The average molecular weight is 616 g/mol. The number of carbonyl (C=O) groups excluding carboxylic acids is 1. The summed E-state index contributed by atoms with van der Waals surface area (Å²) in [6, 6.07) is 14.4. The summed E-state index contributed by atoms with van der Waals surface area (Å²) in [5, 5.41) is 25.8. The predicted octanol–water partition coefficient (Wildman–Crippen LogP) is 2.93. The highest BCUT2D eigenvalue weighted by Crippen LogP contribution is 2.42. The van der Waals surface area contributed by atoms with Gasteiger partial charge in [-0.25, -0.2) is 19.5 Å². The minimum absolute atomic E-state index is 0.141. The molecule has 0 saturated carbocycles. The smallest absolute Gasteiger partial charge is 0.272 e. The van der Waals surface area contributed by atoms with Crippen molar-refractivity contribution in [3.05, 3.63) is 78.6 Å². The van der Waals surface area contributed by atoms with Crippen LogP contribution in [0.5, 0.6) is 5.75 Å². The van der Waals surface area contributed by atoms with Gasteiger partial charge >= 0.3 is 0 Å². The number of nitrogens with one attached hydrogen (secondary N) is 1. The van der Waals surface area contributed by atoms with Crippen molar-refractivity contribution in [2.75, 3.05) is 48.3 Å². The fourth-order valence-corrected chi connectivity index (χ4v) is 6.36. The lowest BCUT2D eigenvalue weighted by molar-refractivity contribution is 0.0953. The Morgan fingerprint density at radius 2 is 1.87 bits per heavy atom. The average Bonchev–Trinajstić information content (AvgIpc) is 3.53. The van der Waals surface area contributed by atoms with Gasteiger partial charge in [0.15, 0.2) is 17.2 Å². The van der Waals surface area contributed by atoms with Crippen molar-refractivity contribution < 1.29 is 9.90 Å². The number of fused-ring (bicyclic) bond motifs is 1. The van der Waals surface area contributed by atoms with Crippen LogP contribution in [0.4, 0.5) is 17.3 Å². The maximum absolute atomic E-state index is 12.5. The van der Waals surface area contributed by atoms with Crippen molar-refractivity contribution in [3.8, 4) is 28.8 Å². The fourth-order valence-electron chi connectivity index (χ4n) is 6.36. The van der Waals surface area contributed by atoms with Crippen LogP contribution in [0.2, 0.25) is 0 Å². The number of aromatic nitrogens is 7. The topological polar surface area (TPSA) is 164 Å². The number of nitrogen functional groups attached to an aromatic ring is 1. The van der Waals surface area contributed by atoms with E-state index in [2.05, 4.69) is 52.2 Å². The van der Waals surface area contributed by atoms with Crippen molar-refractivity contribution in [1.82, 2.24) is 40.1 Å². The van der Waals surface area contributed by atoms with Gasteiger partial charge in [0.2, 0.25) is 5.82 Å². The number of aromatic hydroxyl groups is 1. The number of piperidine rings is 2. The van der Waals surface area contributed by atoms with Crippen LogP contribution in [0, 0.1) is 17.3 Å². The summed E-state index contributed by atoms with van der Waals surface area (Å²) in [7, 11) is 0. The summed E-state index contributed by atoms with van der Waals surface area (Å²) in [5.41, 5.74) is 9.40. The summed E-state index contributed by atoms with van der Waals surface area (Å²) in [6.45, 7) is 3.66. The first-order valence-electron chi connectivity index (χ1n) is 15.3. The van der Waals surface area contributed by atoms with E-state index in [-0.39, 0.29) is 29.3 Å². The summed E-state index contributed by atoms with van der Waals surface area (Å²) in [6.07, 6.45) is 9.38. The molecule has 0 unspecified atom stereocenters. The zero-order chi connectivity index (χ0) is 31.5. The lowest BCUT2D eigenvalue weighted by Gasteiger charge is -2.48. The van der Waals surface area contributed by atoms with Crippen molar-refractivity contribution in [2.45, 2.75) is 25.7 Å². The molecule has 1 spiro atoms. The van der Waals surface area contributed by atoms with E-state index in [4.69, 9.17) is 10.7 Å². The molecule has 0 bridgehead atoms. The van der Waals surface area contributed by atoms with Crippen molar-refractivity contribution in [1.29, 1.82) is 0 Å². The van der Waals surface area contributed by atoms with Crippen LogP contribution in [0.25, 0.3) is 16.9 Å². The molecular formula is C33H33N11O2. The first-order chi connectivity index (χ1) is 22.5. The quantitative estimate of drug-likeness (QED) is 0.249. The number of anilines is 3. The van der Waals surface area contributed by atoms with Crippen molar-refractivity contribution >= 4 is 28.9 Å². The van der Waals surface area contributed by atoms with Crippen molar-refractivity contribution in [2.24, 2.45) is 5.41 Å². The zero-order valence-corrected chi connectivity index (χ0v) is 25.2. The van der Waals surface area contributed by atoms with Crippen molar-refractivity contribution in [3.63, 3.8) is 0 Å². The molecule has 0 aliphatic carbocycles. The van der Waals surface area contributed by atoms with Gasteiger partial charge in [-0.05, 0) is 67.4 Å². The molecule has 46 heavy (non-hydrogen) atoms. The Hall–Kier alpha value is -5.77. The Kier molecular flexibility index (Phi) is 7.76. The molecule has 4 aromatic heterocycles. The second-order valence-electron chi connectivity index (χ2n) is 11.7. The summed E-state index contributed by atoms with van der Waals surface area (Å²) in [5.74, 6) is 7.44. The van der Waals surface area contributed by atoms with Gasteiger partial charge in [-0.3, -0.25) is 4.79 Å². The van der Waals surface area contributed by atoms with Crippen LogP contribution in [0.1, 0.15) is 42.0 Å². The number of para-hydroxylation sites is 1. The molecule has 2 aliphatic heterocycles.